The number of nitrogens with zero attached hydrogens (tertiary/aromatic N) is 3. The molecule has 0 bridgehead atoms. The van der Waals surface area contributed by atoms with Crippen molar-refractivity contribution in [1.82, 2.24) is 9.78 Å². The second-order valence-electron chi connectivity index (χ2n) is 2.68. The van der Waals surface area contributed by atoms with Crippen molar-refractivity contribution in [2.45, 2.75) is 4.90 Å². The number of hydrogen-bond acceptors (Lipinski definition) is 3. The maximum atomic E-state index is 8.49. The van der Waals surface area contributed by atoms with Crippen LogP contribution in [0.5, 0.6) is 0 Å². The number of benzene rings is 1. The molecule has 64 valence electrons. The Morgan fingerprint density at radius 1 is 1.54 bits per heavy atom. The Kier molecular flexibility index (Phi) is 1.95. The maximum absolute atomic E-state index is 8.49. The fourth-order valence-electron chi connectivity index (χ4n) is 1.26. The molecule has 0 fully saturated rings. The number of nitriles is 1. The minimum absolute atomic E-state index is 0.961. The van der Waals surface area contributed by atoms with Crippen molar-refractivity contribution in [3.63, 3.8) is 0 Å². The predicted molar refractivity (Wildman–Crippen MR) is 52.2 cm³/mol. The van der Waals surface area contributed by atoms with Crippen LogP contribution in [-0.4, -0.2) is 9.78 Å². The molecule has 3 nitrogen and oxygen atoms in total. The summed E-state index contributed by atoms with van der Waals surface area (Å²) in [5, 5.41) is 15.7. The van der Waals surface area contributed by atoms with Gasteiger partial charge in [-0.05, 0) is 30.0 Å². The van der Waals surface area contributed by atoms with E-state index in [1.54, 1.807) is 6.20 Å². The molecule has 0 saturated carbocycles. The van der Waals surface area contributed by atoms with Gasteiger partial charge in [0.05, 0.1) is 11.7 Å². The number of rotatable bonds is 1. The van der Waals surface area contributed by atoms with Gasteiger partial charge in [0, 0.05) is 17.3 Å². The van der Waals surface area contributed by atoms with Crippen LogP contribution < -0.4 is 0 Å². The van der Waals surface area contributed by atoms with E-state index >= 15 is 0 Å². The molecule has 2 rings (SSSR count). The quantitative estimate of drug-likeness (QED) is 0.510. The first-order valence-electron chi connectivity index (χ1n) is 3.79. The maximum Gasteiger partial charge on any atom is 0.138 e. The molecule has 0 aliphatic rings. The molecule has 0 spiro atoms. The fraction of sp³-hybridized carbons (Fsp3) is 0.111. The van der Waals surface area contributed by atoms with E-state index in [0.717, 1.165) is 15.8 Å². The third-order valence-corrected chi connectivity index (χ3v) is 2.46. The Balaban J connectivity index is 2.58. The lowest BCUT2D eigenvalue weighted by Crippen LogP contribution is -1.87. The Morgan fingerprint density at radius 3 is 3.15 bits per heavy atom. The topological polar surface area (TPSA) is 41.6 Å². The van der Waals surface area contributed by atoms with E-state index in [1.807, 2.05) is 35.3 Å². The summed E-state index contributed by atoms with van der Waals surface area (Å²) in [5.74, 6) is 0. The molecule has 1 aromatic carbocycles. The van der Waals surface area contributed by atoms with Gasteiger partial charge in [-0.3, -0.25) is 4.68 Å². The molecular formula is C9H7N3S. The van der Waals surface area contributed by atoms with Crippen LogP contribution in [0.2, 0.25) is 0 Å². The summed E-state index contributed by atoms with van der Waals surface area (Å²) < 4.78 is 1.82. The summed E-state index contributed by atoms with van der Waals surface area (Å²) in [5.41, 5.74) is 1.09. The van der Waals surface area contributed by atoms with E-state index in [1.165, 1.54) is 11.8 Å². The first-order chi connectivity index (χ1) is 6.31. The summed E-state index contributed by atoms with van der Waals surface area (Å²) >= 11 is 1.17. The highest BCUT2D eigenvalue weighted by molar-refractivity contribution is 8.03. The standard InChI is InChI=1S/C9H7N3S/c1-12-9-3-2-8(13-6-10)4-7(9)5-11-12/h2-5H,1H3. The average Bonchev–Trinajstić information content (AvgIpc) is 2.48. The Labute approximate surface area is 80.0 Å². The minimum atomic E-state index is 0.961. The summed E-state index contributed by atoms with van der Waals surface area (Å²) in [6.07, 6.45) is 1.80. The highest BCUT2D eigenvalue weighted by Crippen LogP contribution is 2.22. The number of hydrogen-bond donors (Lipinski definition) is 0. The molecule has 4 heteroatoms. The summed E-state index contributed by atoms with van der Waals surface area (Å²) in [6.45, 7) is 0. The van der Waals surface area contributed by atoms with Crippen LogP contribution in [0.1, 0.15) is 0 Å². The Hall–Kier alpha value is -1.47. The Bertz CT molecular complexity index is 481. The average molecular weight is 189 g/mol. The van der Waals surface area contributed by atoms with Crippen LogP contribution in [0.4, 0.5) is 0 Å². The summed E-state index contributed by atoms with van der Waals surface area (Å²) in [6, 6.07) is 5.87. The molecule has 1 heterocycles. The van der Waals surface area contributed by atoms with Gasteiger partial charge in [-0.15, -0.1) is 0 Å². The smallest absolute Gasteiger partial charge is 0.138 e. The molecule has 0 amide bonds. The zero-order chi connectivity index (χ0) is 9.26. The molecule has 13 heavy (non-hydrogen) atoms. The van der Waals surface area contributed by atoms with Crippen molar-refractivity contribution < 1.29 is 0 Å². The molecule has 0 aliphatic heterocycles. The second kappa shape index (κ2) is 3.11. The SMILES string of the molecule is Cn1ncc2cc(SC#N)ccc21. The number of aromatic nitrogens is 2. The molecular weight excluding hydrogens is 182 g/mol. The fourth-order valence-corrected chi connectivity index (χ4v) is 1.69. The molecule has 1 aromatic heterocycles. The number of thioether (sulfide) groups is 1. The largest absolute Gasteiger partial charge is 0.268 e. The zero-order valence-corrected chi connectivity index (χ0v) is 7.88. The van der Waals surface area contributed by atoms with Gasteiger partial charge in [0.15, 0.2) is 0 Å². The molecule has 0 aliphatic carbocycles. The minimum Gasteiger partial charge on any atom is -0.268 e. The van der Waals surface area contributed by atoms with Crippen molar-refractivity contribution >= 4 is 22.7 Å². The monoisotopic (exact) mass is 189 g/mol. The lowest BCUT2D eigenvalue weighted by Gasteiger charge is -1.95. The third kappa shape index (κ3) is 1.38. The normalized spacial score (nSPS) is 10.2. The molecule has 2 aromatic rings. The molecule has 0 unspecified atom stereocenters. The first-order valence-corrected chi connectivity index (χ1v) is 4.60. The van der Waals surface area contributed by atoms with Gasteiger partial charge in [-0.1, -0.05) is 0 Å². The molecule has 0 saturated heterocycles. The van der Waals surface area contributed by atoms with Crippen LogP contribution in [0.15, 0.2) is 29.3 Å². The van der Waals surface area contributed by atoms with Crippen LogP contribution in [-0.2, 0) is 7.05 Å². The van der Waals surface area contributed by atoms with Crippen molar-refractivity contribution in [3.8, 4) is 5.40 Å². The van der Waals surface area contributed by atoms with E-state index in [-0.39, 0.29) is 0 Å². The number of aryl methyl sites for hydroxylation is 1. The van der Waals surface area contributed by atoms with Crippen LogP contribution in [0.25, 0.3) is 10.9 Å². The van der Waals surface area contributed by atoms with Crippen molar-refractivity contribution in [2.24, 2.45) is 7.05 Å². The summed E-state index contributed by atoms with van der Waals surface area (Å²) in [7, 11) is 1.90. The van der Waals surface area contributed by atoms with Gasteiger partial charge in [0.2, 0.25) is 0 Å². The van der Waals surface area contributed by atoms with Crippen LogP contribution >= 0.6 is 11.8 Å². The van der Waals surface area contributed by atoms with E-state index in [0.29, 0.717) is 0 Å². The van der Waals surface area contributed by atoms with E-state index < -0.39 is 0 Å². The molecule has 0 N–H and O–H groups in total. The molecule has 0 atom stereocenters. The molecule has 0 radical (unpaired) electrons. The van der Waals surface area contributed by atoms with Gasteiger partial charge in [-0.25, -0.2) is 0 Å². The zero-order valence-electron chi connectivity index (χ0n) is 7.06. The van der Waals surface area contributed by atoms with Crippen molar-refractivity contribution in [1.29, 1.82) is 5.26 Å². The van der Waals surface area contributed by atoms with E-state index in [4.69, 9.17) is 5.26 Å². The third-order valence-electron chi connectivity index (χ3n) is 1.88. The predicted octanol–water partition coefficient (Wildman–Crippen LogP) is 2.15. The van der Waals surface area contributed by atoms with Gasteiger partial charge in [-0.2, -0.15) is 10.4 Å². The van der Waals surface area contributed by atoms with Gasteiger partial charge >= 0.3 is 0 Å². The van der Waals surface area contributed by atoms with Crippen molar-refractivity contribution in [2.75, 3.05) is 0 Å². The first kappa shape index (κ1) is 8.14. The van der Waals surface area contributed by atoms with Gasteiger partial charge < -0.3 is 0 Å². The lowest BCUT2D eigenvalue weighted by molar-refractivity contribution is 0.797. The summed E-state index contributed by atoms with van der Waals surface area (Å²) in [4.78, 5) is 0.961. The van der Waals surface area contributed by atoms with Crippen LogP contribution in [0, 0.1) is 10.7 Å². The number of thiocyanates is 1. The second-order valence-corrected chi connectivity index (χ2v) is 3.54. The van der Waals surface area contributed by atoms with Crippen molar-refractivity contribution in [3.05, 3.63) is 24.4 Å². The van der Waals surface area contributed by atoms with Gasteiger partial charge in [0.25, 0.3) is 0 Å². The van der Waals surface area contributed by atoms with E-state index in [2.05, 4.69) is 5.10 Å². The number of fused-ring (bicyclic) bond motifs is 1. The lowest BCUT2D eigenvalue weighted by atomic mass is 10.2. The van der Waals surface area contributed by atoms with E-state index in [9.17, 15) is 0 Å². The Morgan fingerprint density at radius 2 is 2.38 bits per heavy atom. The highest BCUT2D eigenvalue weighted by Gasteiger charge is 2.00. The van der Waals surface area contributed by atoms with Gasteiger partial charge in [0.1, 0.15) is 5.40 Å². The van der Waals surface area contributed by atoms with Crippen LogP contribution in [0.3, 0.4) is 0 Å². The highest BCUT2D eigenvalue weighted by atomic mass is 32.2.